The van der Waals surface area contributed by atoms with E-state index in [9.17, 15) is 4.79 Å². The van der Waals surface area contributed by atoms with Crippen LogP contribution in [0.4, 0.5) is 0 Å². The SMILES string of the molecule is CC1CC(=O)N(C(C)(C)C)N1. The highest BCUT2D eigenvalue weighted by Crippen LogP contribution is 2.18. The van der Waals surface area contributed by atoms with Gasteiger partial charge in [0.2, 0.25) is 5.91 Å². The minimum absolute atomic E-state index is 0.0954. The summed E-state index contributed by atoms with van der Waals surface area (Å²) in [4.78, 5) is 11.3. The van der Waals surface area contributed by atoms with E-state index in [-0.39, 0.29) is 11.4 Å². The molecule has 1 aliphatic heterocycles. The van der Waals surface area contributed by atoms with Gasteiger partial charge in [0.05, 0.1) is 5.54 Å². The number of hydrazine groups is 1. The molecule has 0 aromatic heterocycles. The van der Waals surface area contributed by atoms with Crippen molar-refractivity contribution in [3.63, 3.8) is 0 Å². The van der Waals surface area contributed by atoms with E-state index in [1.165, 1.54) is 0 Å². The minimum Gasteiger partial charge on any atom is -0.273 e. The van der Waals surface area contributed by atoms with Crippen LogP contribution >= 0.6 is 0 Å². The lowest BCUT2D eigenvalue weighted by atomic mass is 10.1. The fraction of sp³-hybridized carbons (Fsp3) is 0.875. The first-order chi connectivity index (χ1) is 4.91. The number of carbonyl (C=O) groups is 1. The molecule has 1 atom stereocenters. The Hall–Kier alpha value is -0.570. The molecule has 1 N–H and O–H groups in total. The third-order valence-corrected chi connectivity index (χ3v) is 1.75. The molecule has 0 saturated carbocycles. The predicted molar refractivity (Wildman–Crippen MR) is 43.8 cm³/mol. The highest BCUT2D eigenvalue weighted by molar-refractivity contribution is 5.78. The van der Waals surface area contributed by atoms with Crippen LogP contribution in [0.1, 0.15) is 34.1 Å². The molecule has 0 bridgehead atoms. The van der Waals surface area contributed by atoms with Gasteiger partial charge in [-0.2, -0.15) is 0 Å². The Bertz CT molecular complexity index is 171. The van der Waals surface area contributed by atoms with E-state index in [2.05, 4.69) is 5.43 Å². The van der Waals surface area contributed by atoms with Crippen molar-refractivity contribution in [3.8, 4) is 0 Å². The van der Waals surface area contributed by atoms with Gasteiger partial charge in [0.1, 0.15) is 0 Å². The van der Waals surface area contributed by atoms with Crippen molar-refractivity contribution < 1.29 is 4.79 Å². The number of carbonyl (C=O) groups excluding carboxylic acids is 1. The highest BCUT2D eigenvalue weighted by atomic mass is 16.2. The van der Waals surface area contributed by atoms with Crippen molar-refractivity contribution in [1.82, 2.24) is 10.4 Å². The number of hydrogen-bond donors (Lipinski definition) is 1. The maximum absolute atomic E-state index is 11.3. The second-order valence-corrected chi connectivity index (χ2v) is 4.13. The molecule has 11 heavy (non-hydrogen) atoms. The molecule has 1 heterocycles. The number of nitrogens with zero attached hydrogens (tertiary/aromatic N) is 1. The van der Waals surface area contributed by atoms with Crippen molar-refractivity contribution in [1.29, 1.82) is 0 Å². The van der Waals surface area contributed by atoms with Gasteiger partial charge < -0.3 is 0 Å². The first-order valence-electron chi connectivity index (χ1n) is 4.00. The highest BCUT2D eigenvalue weighted by Gasteiger charge is 2.33. The summed E-state index contributed by atoms with van der Waals surface area (Å²) in [5, 5.41) is 1.72. The van der Waals surface area contributed by atoms with Gasteiger partial charge >= 0.3 is 0 Å². The van der Waals surface area contributed by atoms with Gasteiger partial charge in [-0.15, -0.1) is 0 Å². The number of nitrogens with one attached hydrogen (secondary N) is 1. The van der Waals surface area contributed by atoms with Crippen LogP contribution in [-0.4, -0.2) is 22.5 Å². The summed E-state index contributed by atoms with van der Waals surface area (Å²) >= 11 is 0. The molecule has 1 saturated heterocycles. The van der Waals surface area contributed by atoms with E-state index in [1.807, 2.05) is 27.7 Å². The Kier molecular flexibility index (Phi) is 1.92. The fourth-order valence-corrected chi connectivity index (χ4v) is 1.26. The topological polar surface area (TPSA) is 32.3 Å². The standard InChI is InChI=1S/C8H16N2O/c1-6-5-7(11)10(9-6)8(2,3)4/h6,9H,5H2,1-4H3. The van der Waals surface area contributed by atoms with E-state index < -0.39 is 0 Å². The quantitative estimate of drug-likeness (QED) is 0.565. The average molecular weight is 156 g/mol. The van der Waals surface area contributed by atoms with Gasteiger partial charge in [-0.3, -0.25) is 9.80 Å². The lowest BCUT2D eigenvalue weighted by Crippen LogP contribution is -2.49. The Labute approximate surface area is 67.7 Å². The van der Waals surface area contributed by atoms with Gasteiger partial charge in [0.25, 0.3) is 0 Å². The largest absolute Gasteiger partial charge is 0.273 e. The summed E-state index contributed by atoms with van der Waals surface area (Å²) in [6.07, 6.45) is 0.622. The van der Waals surface area contributed by atoms with E-state index in [0.717, 1.165) is 0 Å². The van der Waals surface area contributed by atoms with Crippen LogP contribution in [0.5, 0.6) is 0 Å². The van der Waals surface area contributed by atoms with E-state index in [0.29, 0.717) is 12.5 Å². The number of rotatable bonds is 0. The smallest absolute Gasteiger partial charge is 0.238 e. The van der Waals surface area contributed by atoms with Gasteiger partial charge in [-0.25, -0.2) is 5.43 Å². The Balaban J connectivity index is 2.68. The third-order valence-electron chi connectivity index (χ3n) is 1.75. The van der Waals surface area contributed by atoms with Crippen molar-refractivity contribution in [2.75, 3.05) is 0 Å². The fourth-order valence-electron chi connectivity index (χ4n) is 1.26. The molecule has 0 spiro atoms. The van der Waals surface area contributed by atoms with Crippen molar-refractivity contribution in [3.05, 3.63) is 0 Å². The third kappa shape index (κ3) is 1.71. The number of amides is 1. The summed E-state index contributed by atoms with van der Waals surface area (Å²) in [6.45, 7) is 8.09. The number of hydrogen-bond acceptors (Lipinski definition) is 2. The molecular formula is C8H16N2O. The Morgan fingerprint density at radius 3 is 2.27 bits per heavy atom. The van der Waals surface area contributed by atoms with E-state index in [1.54, 1.807) is 5.01 Å². The summed E-state index contributed by atoms with van der Waals surface area (Å²) < 4.78 is 0. The lowest BCUT2D eigenvalue weighted by Gasteiger charge is -2.31. The normalized spacial score (nSPS) is 26.4. The maximum atomic E-state index is 11.3. The first-order valence-corrected chi connectivity index (χ1v) is 4.00. The molecule has 1 fully saturated rings. The lowest BCUT2D eigenvalue weighted by molar-refractivity contribution is -0.134. The molecular weight excluding hydrogens is 140 g/mol. The van der Waals surface area contributed by atoms with Crippen LogP contribution in [-0.2, 0) is 4.79 Å². The predicted octanol–water partition coefficient (Wildman–Crippen LogP) is 0.910. The molecule has 3 heteroatoms. The van der Waals surface area contributed by atoms with Gasteiger partial charge in [-0.1, -0.05) is 0 Å². The Morgan fingerprint density at radius 1 is 1.55 bits per heavy atom. The Morgan fingerprint density at radius 2 is 2.09 bits per heavy atom. The second kappa shape index (κ2) is 2.48. The molecule has 1 rings (SSSR count). The molecule has 1 unspecified atom stereocenters. The van der Waals surface area contributed by atoms with Crippen LogP contribution < -0.4 is 5.43 Å². The van der Waals surface area contributed by atoms with Crippen molar-refractivity contribution >= 4 is 5.91 Å². The summed E-state index contributed by atoms with van der Waals surface area (Å²) in [6, 6.07) is 0.293. The molecule has 64 valence electrons. The minimum atomic E-state index is -0.0954. The zero-order valence-electron chi connectivity index (χ0n) is 7.64. The second-order valence-electron chi connectivity index (χ2n) is 4.13. The summed E-state index contributed by atoms with van der Waals surface area (Å²) in [7, 11) is 0. The van der Waals surface area contributed by atoms with Crippen molar-refractivity contribution in [2.45, 2.75) is 45.7 Å². The van der Waals surface area contributed by atoms with Gasteiger partial charge in [0, 0.05) is 12.5 Å². The summed E-state index contributed by atoms with van der Waals surface area (Å²) in [5.41, 5.74) is 3.03. The monoisotopic (exact) mass is 156 g/mol. The molecule has 0 aromatic rings. The van der Waals surface area contributed by atoms with Crippen LogP contribution in [0.3, 0.4) is 0 Å². The molecule has 1 aliphatic rings. The van der Waals surface area contributed by atoms with Gasteiger partial charge in [0.15, 0.2) is 0 Å². The van der Waals surface area contributed by atoms with Crippen molar-refractivity contribution in [2.24, 2.45) is 0 Å². The van der Waals surface area contributed by atoms with Crippen LogP contribution in [0.15, 0.2) is 0 Å². The summed E-state index contributed by atoms with van der Waals surface area (Å²) in [5.74, 6) is 0.199. The molecule has 0 aromatic carbocycles. The van der Waals surface area contributed by atoms with E-state index in [4.69, 9.17) is 0 Å². The van der Waals surface area contributed by atoms with Crippen LogP contribution in [0.25, 0.3) is 0 Å². The molecule has 1 amide bonds. The molecule has 0 aliphatic carbocycles. The average Bonchev–Trinajstić information content (AvgIpc) is 2.08. The molecule has 0 radical (unpaired) electrons. The zero-order valence-corrected chi connectivity index (χ0v) is 7.64. The van der Waals surface area contributed by atoms with Crippen LogP contribution in [0.2, 0.25) is 0 Å². The first kappa shape index (κ1) is 8.53. The van der Waals surface area contributed by atoms with Gasteiger partial charge in [-0.05, 0) is 27.7 Å². The van der Waals surface area contributed by atoms with Crippen LogP contribution in [0, 0.1) is 0 Å². The van der Waals surface area contributed by atoms with E-state index >= 15 is 0 Å². The maximum Gasteiger partial charge on any atom is 0.238 e. The molecule has 3 nitrogen and oxygen atoms in total. The zero-order chi connectivity index (χ0) is 8.65.